The Bertz CT molecular complexity index is 4470. The summed E-state index contributed by atoms with van der Waals surface area (Å²) in [4.78, 5) is 85.8. The maximum atomic E-state index is 11.0. The van der Waals surface area contributed by atoms with Crippen LogP contribution in [-0.4, -0.2) is 227 Å². The molecule has 0 aliphatic carbocycles. The van der Waals surface area contributed by atoms with Crippen LogP contribution in [0.4, 0.5) is 11.4 Å². The molecule has 2 aliphatic heterocycles. The third-order valence-electron chi connectivity index (χ3n) is 17.0. The molecule has 0 saturated carbocycles. The molecule has 634 valence electrons. The van der Waals surface area contributed by atoms with E-state index in [1.807, 2.05) is 239 Å². The Morgan fingerprint density at radius 1 is 0.353 bits per heavy atom. The van der Waals surface area contributed by atoms with Crippen LogP contribution in [0.15, 0.2) is 209 Å². The van der Waals surface area contributed by atoms with E-state index in [-0.39, 0.29) is 104 Å². The first-order valence-electron chi connectivity index (χ1n) is 34.9. The van der Waals surface area contributed by atoms with Gasteiger partial charge in [0.2, 0.25) is 0 Å². The molecule has 0 bridgehead atoms. The van der Waals surface area contributed by atoms with Crippen molar-refractivity contribution in [2.75, 3.05) is 36.0 Å². The predicted octanol–water partition coefficient (Wildman–Crippen LogP) is 11.4. The van der Waals surface area contributed by atoms with Crippen molar-refractivity contribution in [3.8, 4) is 81.0 Å². The minimum absolute atomic E-state index is 0. The number of rotatable bonds is 11. The largest absolute Gasteiger partial charge is 0 e. The molecule has 30 nitrogen and oxygen atoms in total. The van der Waals surface area contributed by atoms with Crippen LogP contribution in [-0.2, 0) is 143 Å². The fourth-order valence-electron chi connectivity index (χ4n) is 11.1. The maximum absolute atomic E-state index is 11.0. The molecule has 0 amide bonds. The Morgan fingerprint density at radius 3 is 0.672 bits per heavy atom. The van der Waals surface area contributed by atoms with Gasteiger partial charge in [-0.2, -0.15) is 0 Å². The molecule has 119 heavy (non-hydrogen) atoms. The quantitative estimate of drug-likeness (QED) is 0.114. The number of halogens is 9. The standard InChI is InChI=1S/2C16H17N3O2.5C8H10N4.CH4.9ClH.2K.3Os.U.W/c2*20-16(21)12-5-9-19(10-6-12)13-4-8-18-15(11-13)14-3-1-2-7-17-14;5*1-11-5-3-9-7(11)8-10-4-6-12(8)2;;;;;;;;;;;;;;;;;/h2*1-4,7-8,11-12H,5-6,9-10H2,(H,20,21);5*3-6H,1-2H3;1H4;9*1H;;;;;;;/q;;;;;;;;;;;;;;;;;;;;+2;+6;;/p-9. The van der Waals surface area contributed by atoms with Crippen LogP contribution in [0.2, 0.25) is 0 Å². The molecule has 2 N–H and O–H groups in total. The van der Waals surface area contributed by atoms with E-state index in [2.05, 4.69) is 79.6 Å². The molecule has 16 heterocycles. The second-order valence-corrected chi connectivity index (χ2v) is 83.6. The van der Waals surface area contributed by atoms with E-state index in [0.29, 0.717) is 25.7 Å². The predicted molar refractivity (Wildman–Crippen MR) is 452 cm³/mol. The molecule has 2 aliphatic rings. The summed E-state index contributed by atoms with van der Waals surface area (Å²) in [6.07, 6.45) is 46.6. The van der Waals surface area contributed by atoms with E-state index in [1.54, 1.807) is 86.8 Å². The minimum atomic E-state index is -5.38. The summed E-state index contributed by atoms with van der Waals surface area (Å²) >= 11 is 1.86. The third-order valence-corrected chi connectivity index (χ3v) is 17.0. The van der Waals surface area contributed by atoms with Crippen molar-refractivity contribution in [2.24, 2.45) is 82.3 Å². The molecule has 16 rings (SSSR count). The van der Waals surface area contributed by atoms with Gasteiger partial charge in [0.1, 0.15) is 0 Å². The first kappa shape index (κ1) is 112. The van der Waals surface area contributed by atoms with Gasteiger partial charge < -0.3 is 78.1 Å². The second-order valence-electron chi connectivity index (χ2n) is 24.9. The van der Waals surface area contributed by atoms with Crippen LogP contribution < -0.4 is 22.2 Å². The molecule has 46 heteroatoms. The van der Waals surface area contributed by atoms with Crippen LogP contribution in [0, 0.1) is 42.9 Å². The number of anilines is 2. The van der Waals surface area contributed by atoms with Crippen molar-refractivity contribution in [3.05, 3.63) is 209 Å². The van der Waals surface area contributed by atoms with Gasteiger partial charge in [-0.15, -0.1) is 0 Å². The number of carboxylic acids is 2. The SMILES string of the molecule is C.Cn1ccnc1-c1nccn1C.Cn1ccnc1-c1nccn1C.Cn1ccnc1-c1nccn1C.Cn1ccnc1-c1nccn1C.Cn1ccnc1-c1nccn1C.O=C(O)C1CCN(c2ccnc(-c3ccccn3)c2)CC1.O=C(O)C1CCN(c2ccnc(-c3ccccn3)c2)CC1.[Cl-].[Cl][Os]([Cl])([Cl])([Cl])([Cl])[Cl].[Cl][Os][Cl].[K][K].[Os].[U].[W]. The number of hydrogen-bond acceptors (Lipinski definition) is 18. The molecule has 2 saturated heterocycles. The number of carbonyl (C=O) groups is 2. The van der Waals surface area contributed by atoms with Gasteiger partial charge in [0.05, 0.1) is 34.6 Å². The number of pyridine rings is 4. The summed E-state index contributed by atoms with van der Waals surface area (Å²) in [7, 11) is 59.7. The Hall–Kier alpha value is -3.23. The molecule has 0 radical (unpaired) electrons. The number of aryl methyl sites for hydroxylation is 10. The van der Waals surface area contributed by atoms with Crippen LogP contribution in [0.25, 0.3) is 81.0 Å². The topological polar surface area (TPSA) is 311 Å². The number of imidazole rings is 10. The van der Waals surface area contributed by atoms with E-state index < -0.39 is 34.0 Å². The first-order valence-corrected chi connectivity index (χ1v) is 76.1. The van der Waals surface area contributed by atoms with Crippen molar-refractivity contribution < 1.29 is 126 Å². The number of hydrogen-bond donors (Lipinski definition) is 2. The summed E-state index contributed by atoms with van der Waals surface area (Å²) in [6.45, 7) is -2.31. The molecule has 0 unspecified atom stereocenters. The number of nitrogens with zero attached hydrogens (tertiary/aromatic N) is 26. The molecule has 0 atom stereocenters. The molecular formula is C73H88Cl9K2N26O4Os3UW-. The molecule has 14 aromatic heterocycles. The van der Waals surface area contributed by atoms with Gasteiger partial charge in [-0.1, -0.05) is 19.6 Å². The van der Waals surface area contributed by atoms with Crippen molar-refractivity contribution in [2.45, 2.75) is 33.1 Å². The van der Waals surface area contributed by atoms with E-state index in [4.69, 9.17) is 87.3 Å². The maximum Gasteiger partial charge on any atom is 0 e. The van der Waals surface area contributed by atoms with Gasteiger partial charge in [0.15, 0.2) is 58.2 Å². The molecule has 14 aromatic rings. The normalized spacial score (nSPS) is 12.5. The summed E-state index contributed by atoms with van der Waals surface area (Å²) in [5.41, 5.74) is 5.53. The van der Waals surface area contributed by atoms with Crippen LogP contribution in [0.5, 0.6) is 0 Å². The number of piperidine rings is 2. The van der Waals surface area contributed by atoms with Gasteiger partial charge in [0.25, 0.3) is 0 Å². The molecule has 0 aromatic carbocycles. The average Bonchev–Trinajstić information content (AvgIpc) is 1.66. The monoisotopic (exact) mass is 2780 g/mol. The molecule has 0 spiro atoms. The van der Waals surface area contributed by atoms with E-state index in [1.165, 1.54) is 63.2 Å². The molecular weight excluding hydrogens is 2690 g/mol. The van der Waals surface area contributed by atoms with Gasteiger partial charge in [-0.3, -0.25) is 29.5 Å². The summed E-state index contributed by atoms with van der Waals surface area (Å²) in [6, 6.07) is 19.5. The smallest absolute Gasteiger partial charge is 0 e. The van der Waals surface area contributed by atoms with E-state index in [0.717, 1.165) is 119 Å². The Morgan fingerprint density at radius 2 is 0.529 bits per heavy atom. The fourth-order valence-corrected chi connectivity index (χ4v) is 11.1. The zero-order valence-electron chi connectivity index (χ0n) is 66.2. The van der Waals surface area contributed by atoms with Gasteiger partial charge >= 0.3 is 174 Å². The van der Waals surface area contributed by atoms with Crippen LogP contribution in [0.3, 0.4) is 0 Å². The van der Waals surface area contributed by atoms with E-state index in [9.17, 15) is 9.59 Å². The van der Waals surface area contributed by atoms with Gasteiger partial charge in [0, 0.05) is 329 Å². The summed E-state index contributed by atoms with van der Waals surface area (Å²) < 4.78 is 19.5. The van der Waals surface area contributed by atoms with Crippen molar-refractivity contribution in [1.82, 2.24) is 115 Å². The molecule has 2 fully saturated rings. The number of carboxylic acid groups (broad SMARTS) is 2. The third kappa shape index (κ3) is 37.7. The van der Waals surface area contributed by atoms with Gasteiger partial charge in [-0.05, 0) is 74.2 Å². The average molecular weight is 2780 g/mol. The fraction of sp³-hybridized carbons (Fsp3) is 0.288. The van der Waals surface area contributed by atoms with Crippen molar-refractivity contribution >= 4 is 164 Å². The van der Waals surface area contributed by atoms with Crippen LogP contribution >= 0.6 is 77.1 Å². The first-order chi connectivity index (χ1) is 54.3. The summed E-state index contributed by atoms with van der Waals surface area (Å²) in [5.74, 6) is 7.13. The van der Waals surface area contributed by atoms with Crippen molar-refractivity contribution in [1.29, 1.82) is 0 Å². The summed E-state index contributed by atoms with van der Waals surface area (Å²) in [5, 5.41) is 18.1. The zero-order chi connectivity index (χ0) is 83.2. The van der Waals surface area contributed by atoms with E-state index >= 15 is 0 Å². The van der Waals surface area contributed by atoms with Gasteiger partial charge in [-0.25, -0.2) is 49.8 Å². The van der Waals surface area contributed by atoms with Crippen molar-refractivity contribution in [3.63, 3.8) is 0 Å². The van der Waals surface area contributed by atoms with Crippen LogP contribution in [0.1, 0.15) is 33.1 Å². The second kappa shape index (κ2) is 54.7. The zero-order valence-corrected chi connectivity index (χ0v) is 93.9. The number of aromatic nitrogens is 24. The Labute approximate surface area is 833 Å². The Balaban J connectivity index is 0.000000462. The Kier molecular flexibility index (Phi) is 51.4. The number of aliphatic carboxylic acids is 2. The minimum Gasteiger partial charge on any atom is 0 e.